The largest absolute Gasteiger partial charge is 0.483 e. The smallest absolute Gasteiger partial charge is 0.339 e. The lowest BCUT2D eigenvalue weighted by Crippen LogP contribution is -2.36. The molecule has 1 amide bonds. The molecule has 0 aliphatic heterocycles. The maximum Gasteiger partial charge on any atom is 0.339 e. The Morgan fingerprint density at radius 2 is 1.79 bits per heavy atom. The number of nitrogens with zero attached hydrogens (tertiary/aromatic N) is 1. The normalized spacial score (nSPS) is 10.9. The van der Waals surface area contributed by atoms with Crippen molar-refractivity contribution in [1.82, 2.24) is 9.88 Å². The van der Waals surface area contributed by atoms with Crippen molar-refractivity contribution in [3.63, 3.8) is 0 Å². The molecule has 0 unspecified atom stereocenters. The van der Waals surface area contributed by atoms with Gasteiger partial charge in [0, 0.05) is 35.2 Å². The minimum absolute atomic E-state index is 0.0791. The van der Waals surface area contributed by atoms with Crippen LogP contribution >= 0.6 is 11.6 Å². The standard InChI is InChI=1S/C27H25ClN2O4/c1-18-6-2-3-7-20(18)16-30(13-12-19-15-29-24-9-5-4-8-22(19)24)26(31)17-34-25-11-10-21(28)14-23(25)27(32)33/h2-11,14-15,29H,12-13,16-17H2,1H3,(H,32,33). The third-order valence-electron chi connectivity index (χ3n) is 5.82. The molecule has 1 heterocycles. The Balaban J connectivity index is 1.52. The highest BCUT2D eigenvalue weighted by Crippen LogP contribution is 2.24. The molecule has 174 valence electrons. The van der Waals surface area contributed by atoms with Crippen LogP contribution in [-0.4, -0.2) is 40.0 Å². The number of aromatic amines is 1. The molecule has 4 rings (SSSR count). The Bertz CT molecular complexity index is 1330. The molecule has 0 spiro atoms. The average molecular weight is 477 g/mol. The van der Waals surface area contributed by atoms with Crippen molar-refractivity contribution in [2.24, 2.45) is 0 Å². The molecule has 4 aromatic rings. The third-order valence-corrected chi connectivity index (χ3v) is 6.06. The van der Waals surface area contributed by atoms with Gasteiger partial charge in [-0.25, -0.2) is 4.79 Å². The zero-order valence-electron chi connectivity index (χ0n) is 18.8. The molecular weight excluding hydrogens is 452 g/mol. The first-order chi connectivity index (χ1) is 16.4. The molecule has 2 N–H and O–H groups in total. The van der Waals surface area contributed by atoms with Crippen molar-refractivity contribution < 1.29 is 19.4 Å². The number of halogens is 1. The monoisotopic (exact) mass is 476 g/mol. The quantitative estimate of drug-likeness (QED) is 0.335. The van der Waals surface area contributed by atoms with Crippen molar-refractivity contribution in [3.8, 4) is 5.75 Å². The van der Waals surface area contributed by atoms with Gasteiger partial charge < -0.3 is 19.7 Å². The summed E-state index contributed by atoms with van der Waals surface area (Å²) in [6.07, 6.45) is 2.65. The van der Waals surface area contributed by atoms with Crippen LogP contribution in [-0.2, 0) is 17.8 Å². The SMILES string of the molecule is Cc1ccccc1CN(CCc1c[nH]c2ccccc12)C(=O)COc1ccc(Cl)cc1C(=O)O. The minimum atomic E-state index is -1.17. The van der Waals surface area contributed by atoms with Gasteiger partial charge in [-0.1, -0.05) is 54.1 Å². The van der Waals surface area contributed by atoms with Gasteiger partial charge >= 0.3 is 5.97 Å². The van der Waals surface area contributed by atoms with E-state index in [1.165, 1.54) is 18.2 Å². The first-order valence-electron chi connectivity index (χ1n) is 11.0. The highest BCUT2D eigenvalue weighted by molar-refractivity contribution is 6.31. The number of ether oxygens (including phenoxy) is 1. The average Bonchev–Trinajstić information content (AvgIpc) is 3.25. The van der Waals surface area contributed by atoms with Gasteiger partial charge in [0.15, 0.2) is 6.61 Å². The molecule has 0 aliphatic carbocycles. The van der Waals surface area contributed by atoms with Crippen LogP contribution < -0.4 is 4.74 Å². The van der Waals surface area contributed by atoms with Crippen LogP contribution in [0.1, 0.15) is 27.0 Å². The number of nitrogens with one attached hydrogen (secondary N) is 1. The van der Waals surface area contributed by atoms with Crippen molar-refractivity contribution in [3.05, 3.63) is 100 Å². The Kier molecular flexibility index (Phi) is 7.18. The van der Waals surface area contributed by atoms with Crippen molar-refractivity contribution in [2.45, 2.75) is 19.9 Å². The molecule has 0 aliphatic rings. The summed E-state index contributed by atoms with van der Waals surface area (Å²) in [6.45, 7) is 2.66. The number of carboxylic acids is 1. The fourth-order valence-electron chi connectivity index (χ4n) is 3.90. The van der Waals surface area contributed by atoms with E-state index in [4.69, 9.17) is 16.3 Å². The van der Waals surface area contributed by atoms with E-state index in [0.717, 1.165) is 27.6 Å². The van der Waals surface area contributed by atoms with Gasteiger partial charge in [-0.05, 0) is 54.3 Å². The topological polar surface area (TPSA) is 82.6 Å². The minimum Gasteiger partial charge on any atom is -0.483 e. The number of carbonyl (C=O) groups is 2. The number of aromatic nitrogens is 1. The Hall–Kier alpha value is -3.77. The molecule has 0 saturated heterocycles. The van der Waals surface area contributed by atoms with Gasteiger partial charge in [-0.3, -0.25) is 4.79 Å². The first-order valence-corrected chi connectivity index (χ1v) is 11.3. The zero-order valence-corrected chi connectivity index (χ0v) is 19.5. The lowest BCUT2D eigenvalue weighted by Gasteiger charge is -2.24. The van der Waals surface area contributed by atoms with E-state index in [0.29, 0.717) is 19.5 Å². The van der Waals surface area contributed by atoms with E-state index in [1.54, 1.807) is 4.90 Å². The molecule has 0 fully saturated rings. The number of rotatable bonds is 9. The Morgan fingerprint density at radius 1 is 1.03 bits per heavy atom. The van der Waals surface area contributed by atoms with Crippen LogP contribution in [0.4, 0.5) is 0 Å². The summed E-state index contributed by atoms with van der Waals surface area (Å²) < 4.78 is 5.63. The molecule has 6 nitrogen and oxygen atoms in total. The summed E-state index contributed by atoms with van der Waals surface area (Å²) >= 11 is 5.91. The van der Waals surface area contributed by atoms with Gasteiger partial charge in [-0.15, -0.1) is 0 Å². The number of H-pyrrole nitrogens is 1. The maximum absolute atomic E-state index is 13.2. The number of carbonyl (C=O) groups excluding carboxylic acids is 1. The number of hydrogen-bond acceptors (Lipinski definition) is 3. The van der Waals surface area contributed by atoms with Crippen LogP contribution in [0.5, 0.6) is 5.75 Å². The molecular formula is C27H25ClN2O4. The number of para-hydroxylation sites is 1. The number of aromatic carboxylic acids is 1. The predicted molar refractivity (Wildman–Crippen MR) is 133 cm³/mol. The maximum atomic E-state index is 13.2. The van der Waals surface area contributed by atoms with Crippen LogP contribution in [0.2, 0.25) is 5.02 Å². The molecule has 34 heavy (non-hydrogen) atoms. The Labute approximate surface area is 202 Å². The predicted octanol–water partition coefficient (Wildman–Crippen LogP) is 5.48. The molecule has 0 atom stereocenters. The fourth-order valence-corrected chi connectivity index (χ4v) is 4.08. The van der Waals surface area contributed by atoms with Crippen molar-refractivity contribution >= 4 is 34.4 Å². The molecule has 1 aromatic heterocycles. The van der Waals surface area contributed by atoms with Crippen LogP contribution in [0.15, 0.2) is 72.9 Å². The summed E-state index contributed by atoms with van der Waals surface area (Å²) in [5, 5.41) is 10.9. The zero-order chi connectivity index (χ0) is 24.1. The van der Waals surface area contributed by atoms with Gasteiger partial charge in [0.25, 0.3) is 5.91 Å². The van der Waals surface area contributed by atoms with Crippen molar-refractivity contribution in [1.29, 1.82) is 0 Å². The van der Waals surface area contributed by atoms with E-state index < -0.39 is 5.97 Å². The molecule has 0 radical (unpaired) electrons. The second kappa shape index (κ2) is 10.4. The number of hydrogen-bond donors (Lipinski definition) is 2. The van der Waals surface area contributed by atoms with Gasteiger partial charge in [0.2, 0.25) is 0 Å². The van der Waals surface area contributed by atoms with Gasteiger partial charge in [0.1, 0.15) is 11.3 Å². The molecule has 7 heteroatoms. The summed E-state index contributed by atoms with van der Waals surface area (Å²) in [5.41, 5.74) is 4.25. The van der Waals surface area contributed by atoms with E-state index in [1.807, 2.05) is 55.6 Å². The number of amides is 1. The summed E-state index contributed by atoms with van der Waals surface area (Å²) in [5.74, 6) is -1.28. The first kappa shape index (κ1) is 23.4. The van der Waals surface area contributed by atoms with Gasteiger partial charge in [-0.2, -0.15) is 0 Å². The summed E-state index contributed by atoms with van der Waals surface area (Å²) in [6, 6.07) is 20.3. The fraction of sp³-hybridized carbons (Fsp3) is 0.185. The lowest BCUT2D eigenvalue weighted by atomic mass is 10.1. The van der Waals surface area contributed by atoms with Crippen LogP contribution in [0.25, 0.3) is 10.9 Å². The van der Waals surface area contributed by atoms with E-state index in [-0.39, 0.29) is 28.8 Å². The van der Waals surface area contributed by atoms with Gasteiger partial charge in [0.05, 0.1) is 0 Å². The van der Waals surface area contributed by atoms with Crippen LogP contribution in [0, 0.1) is 6.92 Å². The molecule has 0 bridgehead atoms. The summed E-state index contributed by atoms with van der Waals surface area (Å²) in [4.78, 5) is 29.8. The lowest BCUT2D eigenvalue weighted by molar-refractivity contribution is -0.134. The number of benzene rings is 3. The third kappa shape index (κ3) is 5.41. The van der Waals surface area contributed by atoms with E-state index in [2.05, 4.69) is 11.1 Å². The number of aryl methyl sites for hydroxylation is 1. The highest BCUT2D eigenvalue weighted by Gasteiger charge is 2.19. The number of carboxylic acid groups (broad SMARTS) is 1. The van der Waals surface area contributed by atoms with E-state index in [9.17, 15) is 14.7 Å². The second-order valence-electron chi connectivity index (χ2n) is 8.09. The molecule has 3 aromatic carbocycles. The second-order valence-corrected chi connectivity index (χ2v) is 8.52. The molecule has 0 saturated carbocycles. The van der Waals surface area contributed by atoms with Crippen molar-refractivity contribution in [2.75, 3.05) is 13.2 Å². The number of fused-ring (bicyclic) bond motifs is 1. The highest BCUT2D eigenvalue weighted by atomic mass is 35.5. The van der Waals surface area contributed by atoms with Crippen LogP contribution in [0.3, 0.4) is 0 Å². The van der Waals surface area contributed by atoms with E-state index >= 15 is 0 Å². The summed E-state index contributed by atoms with van der Waals surface area (Å²) in [7, 11) is 0. The Morgan fingerprint density at radius 3 is 2.59 bits per heavy atom.